The van der Waals surface area contributed by atoms with Crippen molar-refractivity contribution in [3.05, 3.63) is 12.7 Å². The molecule has 0 saturated carbocycles. The molecule has 2 saturated heterocycles. The normalized spacial score (nSPS) is 30.8. The monoisotopic (exact) mass is 349 g/mol. The lowest BCUT2D eigenvalue weighted by molar-refractivity contribution is -0.0511. The van der Waals surface area contributed by atoms with Crippen LogP contribution in [0.3, 0.4) is 0 Å². The molecule has 9 nitrogen and oxygen atoms in total. The molecule has 136 valence electrons. The predicted molar refractivity (Wildman–Crippen MR) is 89.0 cm³/mol. The summed E-state index contributed by atoms with van der Waals surface area (Å²) in [6.45, 7) is 1.51. The van der Waals surface area contributed by atoms with Gasteiger partial charge >= 0.3 is 0 Å². The average Bonchev–Trinajstić information content (AvgIpc) is 3.04. The highest BCUT2D eigenvalue weighted by atomic mass is 16.6. The molecule has 0 spiro atoms. The second-order valence-corrected chi connectivity index (χ2v) is 6.65. The first-order valence-electron chi connectivity index (χ1n) is 8.75. The molecule has 0 amide bonds. The van der Waals surface area contributed by atoms with Crippen LogP contribution in [0.15, 0.2) is 12.7 Å². The Hall–Kier alpha value is -1.81. The van der Waals surface area contributed by atoms with Crippen LogP contribution in [0, 0.1) is 0 Å². The van der Waals surface area contributed by atoms with Crippen molar-refractivity contribution >= 4 is 17.0 Å². The third-order valence-electron chi connectivity index (χ3n) is 5.04. The summed E-state index contributed by atoms with van der Waals surface area (Å²) in [5.41, 5.74) is 1.20. The number of hydrogen-bond acceptors (Lipinski definition) is 8. The fourth-order valence-corrected chi connectivity index (χ4v) is 3.65. The van der Waals surface area contributed by atoms with Gasteiger partial charge in [-0.3, -0.25) is 4.57 Å². The first-order chi connectivity index (χ1) is 12.2. The molecule has 4 heterocycles. The standard InChI is InChI=1S/C16H23N5O4/c22-7-10-12(23)13(24)16(25-10)21-9-19-11-14(17-8-18-15(11)21)20-5-3-1-2-4-6-20/h8-10,12-13,16,22-24H,1-7H2/t10-,12-,13-,16?/m1/s1. The lowest BCUT2D eigenvalue weighted by atomic mass is 10.1. The summed E-state index contributed by atoms with van der Waals surface area (Å²) >= 11 is 0. The molecule has 25 heavy (non-hydrogen) atoms. The first kappa shape index (κ1) is 16.6. The van der Waals surface area contributed by atoms with Gasteiger partial charge in [0.1, 0.15) is 24.6 Å². The molecule has 3 N–H and O–H groups in total. The largest absolute Gasteiger partial charge is 0.394 e. The van der Waals surface area contributed by atoms with Crippen molar-refractivity contribution in [3.63, 3.8) is 0 Å². The Kier molecular flexibility index (Phi) is 4.55. The SMILES string of the molecule is OC[C@H]1OC(n2cnc3c(N4CCCCCC4)ncnc32)[C@H](O)[C@@H]1O. The molecule has 1 unspecified atom stereocenters. The van der Waals surface area contributed by atoms with E-state index < -0.39 is 24.5 Å². The lowest BCUT2D eigenvalue weighted by Crippen LogP contribution is -2.33. The fourth-order valence-electron chi connectivity index (χ4n) is 3.65. The molecule has 2 aromatic heterocycles. The maximum absolute atomic E-state index is 10.3. The number of hydrogen-bond donors (Lipinski definition) is 3. The number of aliphatic hydroxyl groups excluding tert-OH is 3. The zero-order valence-corrected chi connectivity index (χ0v) is 13.9. The van der Waals surface area contributed by atoms with E-state index in [-0.39, 0.29) is 6.61 Å². The molecule has 2 aromatic rings. The summed E-state index contributed by atoms with van der Waals surface area (Å²) < 4.78 is 7.19. The number of ether oxygens (including phenoxy) is 1. The van der Waals surface area contributed by atoms with Crippen LogP contribution in [0.2, 0.25) is 0 Å². The second kappa shape index (κ2) is 6.83. The zero-order valence-electron chi connectivity index (χ0n) is 13.9. The number of fused-ring (bicyclic) bond motifs is 1. The van der Waals surface area contributed by atoms with Gasteiger partial charge in [-0.25, -0.2) is 15.0 Å². The summed E-state index contributed by atoms with van der Waals surface area (Å²) in [7, 11) is 0. The van der Waals surface area contributed by atoms with Crippen molar-refractivity contribution in [3.8, 4) is 0 Å². The highest BCUT2D eigenvalue weighted by Crippen LogP contribution is 2.33. The number of rotatable bonds is 3. The Morgan fingerprint density at radius 1 is 1.04 bits per heavy atom. The van der Waals surface area contributed by atoms with Crippen LogP contribution >= 0.6 is 0 Å². The van der Waals surface area contributed by atoms with E-state index in [1.165, 1.54) is 19.2 Å². The van der Waals surface area contributed by atoms with Crippen molar-refractivity contribution in [1.29, 1.82) is 0 Å². The van der Waals surface area contributed by atoms with Gasteiger partial charge in [0.15, 0.2) is 23.2 Å². The number of aromatic nitrogens is 4. The Labute approximate surface area is 144 Å². The van der Waals surface area contributed by atoms with Crippen molar-refractivity contribution in [2.75, 3.05) is 24.6 Å². The van der Waals surface area contributed by atoms with E-state index in [2.05, 4.69) is 19.9 Å². The maximum Gasteiger partial charge on any atom is 0.167 e. The molecule has 4 rings (SSSR count). The summed E-state index contributed by atoms with van der Waals surface area (Å²) in [5.74, 6) is 0.789. The van der Waals surface area contributed by atoms with Gasteiger partial charge in [-0.05, 0) is 12.8 Å². The topological polar surface area (TPSA) is 117 Å². The maximum atomic E-state index is 10.3. The first-order valence-corrected chi connectivity index (χ1v) is 8.75. The highest BCUT2D eigenvalue weighted by molar-refractivity contribution is 5.83. The number of imidazole rings is 1. The molecule has 0 aliphatic carbocycles. The summed E-state index contributed by atoms with van der Waals surface area (Å²) in [4.78, 5) is 15.4. The molecule has 2 aliphatic heterocycles. The Bertz CT molecular complexity index is 730. The van der Waals surface area contributed by atoms with Crippen molar-refractivity contribution in [2.45, 2.75) is 50.2 Å². The number of anilines is 1. The zero-order chi connectivity index (χ0) is 17.4. The smallest absolute Gasteiger partial charge is 0.167 e. The minimum absolute atomic E-state index is 0.366. The van der Waals surface area contributed by atoms with Gasteiger partial charge in [-0.2, -0.15) is 0 Å². The van der Waals surface area contributed by atoms with Gasteiger partial charge in [0.2, 0.25) is 0 Å². The van der Waals surface area contributed by atoms with Gasteiger partial charge in [0, 0.05) is 13.1 Å². The predicted octanol–water partition coefficient (Wildman–Crippen LogP) is -0.182. The average molecular weight is 349 g/mol. The van der Waals surface area contributed by atoms with Crippen molar-refractivity contribution in [1.82, 2.24) is 19.5 Å². The number of nitrogens with zero attached hydrogens (tertiary/aromatic N) is 5. The molecule has 0 bridgehead atoms. The van der Waals surface area contributed by atoms with E-state index in [1.807, 2.05) is 0 Å². The van der Waals surface area contributed by atoms with Crippen LogP contribution in [0.5, 0.6) is 0 Å². The van der Waals surface area contributed by atoms with Crippen molar-refractivity contribution in [2.24, 2.45) is 0 Å². The van der Waals surface area contributed by atoms with Gasteiger partial charge in [-0.15, -0.1) is 0 Å². The van der Waals surface area contributed by atoms with E-state index in [4.69, 9.17) is 4.74 Å². The van der Waals surface area contributed by atoms with E-state index in [0.717, 1.165) is 31.7 Å². The van der Waals surface area contributed by atoms with Gasteiger partial charge in [0.05, 0.1) is 12.9 Å². The van der Waals surface area contributed by atoms with E-state index in [9.17, 15) is 15.3 Å². The van der Waals surface area contributed by atoms with Gasteiger partial charge in [0.25, 0.3) is 0 Å². The molecule has 0 aromatic carbocycles. The summed E-state index contributed by atoms with van der Waals surface area (Å²) in [5, 5.41) is 29.5. The van der Waals surface area contributed by atoms with Crippen LogP contribution in [0.25, 0.3) is 11.2 Å². The van der Waals surface area contributed by atoms with E-state index in [0.29, 0.717) is 11.2 Å². The molecular weight excluding hydrogens is 326 g/mol. The summed E-state index contributed by atoms with van der Waals surface area (Å²) in [6.07, 6.45) is 3.74. The number of aliphatic hydroxyl groups is 3. The van der Waals surface area contributed by atoms with Gasteiger partial charge in [-0.1, -0.05) is 12.8 Å². The lowest BCUT2D eigenvalue weighted by Gasteiger charge is -2.21. The third-order valence-corrected chi connectivity index (χ3v) is 5.04. The van der Waals surface area contributed by atoms with Gasteiger partial charge < -0.3 is 25.0 Å². The highest BCUT2D eigenvalue weighted by Gasteiger charge is 2.44. The van der Waals surface area contributed by atoms with Crippen LogP contribution in [-0.2, 0) is 4.74 Å². The second-order valence-electron chi connectivity index (χ2n) is 6.65. The van der Waals surface area contributed by atoms with E-state index in [1.54, 1.807) is 10.9 Å². The minimum Gasteiger partial charge on any atom is -0.394 e. The van der Waals surface area contributed by atoms with Crippen LogP contribution in [0.1, 0.15) is 31.9 Å². The molecule has 2 aliphatic rings. The molecular formula is C16H23N5O4. The summed E-state index contributed by atoms with van der Waals surface area (Å²) in [6, 6.07) is 0. The molecule has 0 radical (unpaired) electrons. The van der Waals surface area contributed by atoms with Crippen LogP contribution < -0.4 is 4.90 Å². The van der Waals surface area contributed by atoms with Crippen molar-refractivity contribution < 1.29 is 20.1 Å². The third kappa shape index (κ3) is 2.86. The Morgan fingerprint density at radius 3 is 2.48 bits per heavy atom. The van der Waals surface area contributed by atoms with E-state index >= 15 is 0 Å². The molecule has 4 atom stereocenters. The van der Waals surface area contributed by atoms with Crippen LogP contribution in [0.4, 0.5) is 5.82 Å². The Balaban J connectivity index is 1.69. The minimum atomic E-state index is -1.16. The Morgan fingerprint density at radius 2 is 1.80 bits per heavy atom. The molecule has 2 fully saturated rings. The van der Waals surface area contributed by atoms with Crippen LogP contribution in [-0.4, -0.2) is 72.8 Å². The molecule has 9 heteroatoms. The fraction of sp³-hybridized carbons (Fsp3) is 0.688. The quantitative estimate of drug-likeness (QED) is 0.699.